The number of Topliss-reactive ketones (excluding diaryl/α,β-unsaturated/α-hetero) is 1. The van der Waals surface area contributed by atoms with Crippen molar-refractivity contribution < 1.29 is 19.2 Å². The minimum Gasteiger partial charge on any atom is -0.351 e. The number of carbonyl (C=O) groups excluding carboxylic acids is 4. The summed E-state index contributed by atoms with van der Waals surface area (Å²) in [5.41, 5.74) is 1.91. The summed E-state index contributed by atoms with van der Waals surface area (Å²) in [6.07, 6.45) is 0.488. The van der Waals surface area contributed by atoms with Gasteiger partial charge < -0.3 is 21.3 Å². The summed E-state index contributed by atoms with van der Waals surface area (Å²) < 4.78 is 0. The average molecular weight is 422 g/mol. The number of hydrogen-bond acceptors (Lipinski definition) is 5. The van der Waals surface area contributed by atoms with Crippen LogP contribution < -0.4 is 21.3 Å². The topological polar surface area (TPSA) is 116 Å². The van der Waals surface area contributed by atoms with Crippen LogP contribution in [0.3, 0.4) is 0 Å². The molecular weight excluding hydrogens is 396 g/mol. The fraction of sp³-hybridized carbons (Fsp3) is 0.304. The molecule has 3 rings (SSSR count). The smallest absolute Gasteiger partial charge is 0.292 e. The van der Waals surface area contributed by atoms with E-state index in [4.69, 9.17) is 0 Å². The van der Waals surface area contributed by atoms with Crippen LogP contribution in [-0.4, -0.2) is 48.7 Å². The average Bonchev–Trinajstić information content (AvgIpc) is 2.78. The van der Waals surface area contributed by atoms with Crippen LogP contribution in [0.4, 0.5) is 0 Å². The third-order valence-electron chi connectivity index (χ3n) is 4.95. The third-order valence-corrected chi connectivity index (χ3v) is 4.95. The van der Waals surface area contributed by atoms with Crippen LogP contribution in [0, 0.1) is 0 Å². The van der Waals surface area contributed by atoms with Crippen LogP contribution >= 0.6 is 0 Å². The maximum Gasteiger partial charge on any atom is 0.292 e. The van der Waals surface area contributed by atoms with Gasteiger partial charge in [-0.05, 0) is 30.5 Å². The van der Waals surface area contributed by atoms with Crippen molar-refractivity contribution in [2.24, 2.45) is 0 Å². The molecule has 4 N–H and O–H groups in total. The Labute approximate surface area is 180 Å². The second kappa shape index (κ2) is 10.5. The van der Waals surface area contributed by atoms with E-state index < -0.39 is 23.6 Å². The standard InChI is InChI=1S/C23H26N4O4/c1-15-12-24-19(11-16-6-3-2-4-7-16)22(30)25-13-17-8-5-9-18(10-17)21(29)23(31)26-14-20(28)27-15/h2-10,15,19,24H,11-14H2,1H3,(H,25,30)(H,26,31)(H,27,28). The Kier molecular flexibility index (Phi) is 7.50. The fourth-order valence-electron chi connectivity index (χ4n) is 3.31. The van der Waals surface area contributed by atoms with Crippen molar-refractivity contribution in [1.29, 1.82) is 0 Å². The molecule has 2 aromatic rings. The number of nitrogens with one attached hydrogen (secondary N) is 4. The first-order valence-corrected chi connectivity index (χ1v) is 10.2. The van der Waals surface area contributed by atoms with Gasteiger partial charge in [-0.2, -0.15) is 0 Å². The second-order valence-electron chi connectivity index (χ2n) is 7.55. The zero-order valence-electron chi connectivity index (χ0n) is 17.3. The lowest BCUT2D eigenvalue weighted by atomic mass is 10.0. The van der Waals surface area contributed by atoms with Gasteiger partial charge in [0.1, 0.15) is 0 Å². The van der Waals surface area contributed by atoms with E-state index in [0.717, 1.165) is 5.56 Å². The summed E-state index contributed by atoms with van der Waals surface area (Å²) in [5.74, 6) is -2.19. The van der Waals surface area contributed by atoms with Gasteiger partial charge >= 0.3 is 0 Å². The van der Waals surface area contributed by atoms with Crippen molar-refractivity contribution in [3.05, 3.63) is 71.3 Å². The van der Waals surface area contributed by atoms with Gasteiger partial charge in [-0.1, -0.05) is 48.5 Å². The molecule has 0 saturated heterocycles. The van der Waals surface area contributed by atoms with Crippen LogP contribution in [-0.2, 0) is 27.3 Å². The number of amides is 3. The molecule has 1 aliphatic heterocycles. The van der Waals surface area contributed by atoms with Gasteiger partial charge in [-0.25, -0.2) is 0 Å². The first-order chi connectivity index (χ1) is 14.9. The van der Waals surface area contributed by atoms with Crippen molar-refractivity contribution >= 4 is 23.5 Å². The van der Waals surface area contributed by atoms with E-state index in [1.165, 1.54) is 6.07 Å². The second-order valence-corrected chi connectivity index (χ2v) is 7.55. The van der Waals surface area contributed by atoms with E-state index in [1.54, 1.807) is 25.1 Å². The zero-order valence-corrected chi connectivity index (χ0v) is 17.3. The van der Waals surface area contributed by atoms with Gasteiger partial charge in [0.25, 0.3) is 5.91 Å². The molecule has 8 heteroatoms. The number of fused-ring (bicyclic) bond motifs is 2. The Balaban J connectivity index is 1.81. The molecule has 0 aromatic heterocycles. The monoisotopic (exact) mass is 422 g/mol. The largest absolute Gasteiger partial charge is 0.351 e. The Bertz CT molecular complexity index is 961. The lowest BCUT2D eigenvalue weighted by Gasteiger charge is -2.22. The van der Waals surface area contributed by atoms with E-state index in [9.17, 15) is 19.2 Å². The van der Waals surface area contributed by atoms with E-state index in [-0.39, 0.29) is 30.6 Å². The lowest BCUT2D eigenvalue weighted by molar-refractivity contribution is -0.124. The molecule has 8 nitrogen and oxygen atoms in total. The summed E-state index contributed by atoms with van der Waals surface area (Å²) in [4.78, 5) is 49.4. The highest BCUT2D eigenvalue weighted by Crippen LogP contribution is 2.08. The molecule has 0 radical (unpaired) electrons. The summed E-state index contributed by atoms with van der Waals surface area (Å²) >= 11 is 0. The minimum absolute atomic E-state index is 0.191. The Morgan fingerprint density at radius 1 is 0.903 bits per heavy atom. The number of rotatable bonds is 2. The maximum absolute atomic E-state index is 12.9. The van der Waals surface area contributed by atoms with Crippen LogP contribution in [0.25, 0.3) is 0 Å². The first-order valence-electron chi connectivity index (χ1n) is 10.2. The predicted octanol–water partition coefficient (Wildman–Crippen LogP) is 0.321. The summed E-state index contributed by atoms with van der Waals surface area (Å²) in [6.45, 7) is 2.08. The Hall–Kier alpha value is -3.52. The quantitative estimate of drug-likeness (QED) is 0.520. The van der Waals surface area contributed by atoms with E-state index >= 15 is 0 Å². The van der Waals surface area contributed by atoms with Gasteiger partial charge in [0.05, 0.1) is 12.6 Å². The van der Waals surface area contributed by atoms with E-state index in [1.807, 2.05) is 30.3 Å². The predicted molar refractivity (Wildman–Crippen MR) is 115 cm³/mol. The highest BCUT2D eigenvalue weighted by Gasteiger charge is 2.22. The highest BCUT2D eigenvalue weighted by atomic mass is 16.2. The number of benzene rings is 2. The molecule has 0 fully saturated rings. The minimum atomic E-state index is -0.850. The molecule has 0 spiro atoms. The lowest BCUT2D eigenvalue weighted by Crippen LogP contribution is -2.51. The van der Waals surface area contributed by atoms with Crippen molar-refractivity contribution in [2.45, 2.75) is 32.0 Å². The fourth-order valence-corrected chi connectivity index (χ4v) is 3.31. The number of carbonyl (C=O) groups is 4. The van der Waals surface area contributed by atoms with Crippen LogP contribution in [0.5, 0.6) is 0 Å². The SMILES string of the molecule is CC1CNC(Cc2ccccc2)C(=O)NCc2cccc(c2)C(=O)C(=O)NCC(=O)N1. The molecule has 1 heterocycles. The molecule has 1 aliphatic rings. The molecule has 162 valence electrons. The molecule has 0 aliphatic carbocycles. The molecule has 3 amide bonds. The maximum atomic E-state index is 12.9. The zero-order chi connectivity index (χ0) is 22.2. The number of ketones is 1. The van der Waals surface area contributed by atoms with Crippen molar-refractivity contribution in [3.8, 4) is 0 Å². The molecule has 2 atom stereocenters. The van der Waals surface area contributed by atoms with Gasteiger partial charge in [0.2, 0.25) is 17.6 Å². The van der Waals surface area contributed by atoms with Crippen LogP contribution in [0.15, 0.2) is 54.6 Å². The van der Waals surface area contributed by atoms with Crippen molar-refractivity contribution in [2.75, 3.05) is 13.1 Å². The van der Waals surface area contributed by atoms with Gasteiger partial charge in [-0.3, -0.25) is 19.2 Å². The summed E-state index contributed by atoms with van der Waals surface area (Å²) in [5, 5.41) is 11.2. The number of hydrogen-bond donors (Lipinski definition) is 4. The van der Waals surface area contributed by atoms with E-state index in [2.05, 4.69) is 21.3 Å². The van der Waals surface area contributed by atoms with Crippen LogP contribution in [0.2, 0.25) is 0 Å². The van der Waals surface area contributed by atoms with Gasteiger partial charge in [-0.15, -0.1) is 0 Å². The van der Waals surface area contributed by atoms with E-state index in [0.29, 0.717) is 18.5 Å². The van der Waals surface area contributed by atoms with Crippen molar-refractivity contribution in [1.82, 2.24) is 21.3 Å². The Morgan fingerprint density at radius 2 is 1.68 bits per heavy atom. The Morgan fingerprint density at radius 3 is 2.45 bits per heavy atom. The highest BCUT2D eigenvalue weighted by molar-refractivity contribution is 6.43. The van der Waals surface area contributed by atoms with Gasteiger partial charge in [0, 0.05) is 24.7 Å². The molecule has 2 bridgehead atoms. The summed E-state index contributed by atoms with van der Waals surface area (Å²) in [7, 11) is 0. The first kappa shape index (κ1) is 22.2. The summed E-state index contributed by atoms with van der Waals surface area (Å²) in [6, 6.07) is 15.4. The van der Waals surface area contributed by atoms with Crippen molar-refractivity contribution in [3.63, 3.8) is 0 Å². The normalized spacial score (nSPS) is 21.1. The van der Waals surface area contributed by atoms with Crippen LogP contribution in [0.1, 0.15) is 28.4 Å². The molecule has 0 saturated carbocycles. The molecule has 2 unspecified atom stereocenters. The molecule has 31 heavy (non-hydrogen) atoms. The third kappa shape index (κ3) is 6.48. The molecular formula is C23H26N4O4. The van der Waals surface area contributed by atoms with Gasteiger partial charge in [0.15, 0.2) is 0 Å². The molecule has 2 aromatic carbocycles.